The average Bonchev–Trinajstić information content (AvgIpc) is 2.65. The highest BCUT2D eigenvalue weighted by Gasteiger charge is 2.22. The quantitative estimate of drug-likeness (QED) is 0.482. The van der Waals surface area contributed by atoms with Crippen LogP contribution in [0.2, 0.25) is 0 Å². The van der Waals surface area contributed by atoms with Gasteiger partial charge in [0.15, 0.2) is 0 Å². The van der Waals surface area contributed by atoms with E-state index in [2.05, 4.69) is 19.6 Å². The van der Waals surface area contributed by atoms with Crippen molar-refractivity contribution in [1.29, 1.82) is 0 Å². The molecule has 0 radical (unpaired) electrons. The third kappa shape index (κ3) is 8.66. The van der Waals surface area contributed by atoms with Gasteiger partial charge >= 0.3 is 5.97 Å². The van der Waals surface area contributed by atoms with Gasteiger partial charge in [0.1, 0.15) is 12.2 Å². The highest BCUT2D eigenvalue weighted by atomic mass is 16.6. The maximum atomic E-state index is 12.1. The fraction of sp³-hybridized carbons (Fsp3) is 0.609. The molecule has 0 fully saturated rings. The van der Waals surface area contributed by atoms with Gasteiger partial charge in [-0.25, -0.2) is 4.79 Å². The molecule has 6 heteroatoms. The van der Waals surface area contributed by atoms with Crippen LogP contribution in [-0.2, 0) is 14.3 Å². The minimum Gasteiger partial charge on any atom is -0.456 e. The van der Waals surface area contributed by atoms with E-state index in [1.165, 1.54) is 6.08 Å². The number of cyclic esters (lactones) is 1. The third-order valence-corrected chi connectivity index (χ3v) is 5.15. The minimum absolute atomic E-state index is 0.0873. The summed E-state index contributed by atoms with van der Waals surface area (Å²) < 4.78 is 11.4. The normalized spacial score (nSPS) is 33.6. The lowest BCUT2D eigenvalue weighted by molar-refractivity contribution is -0.150. The molecular weight excluding hydrogens is 372 g/mol. The van der Waals surface area contributed by atoms with Gasteiger partial charge in [0.25, 0.3) is 0 Å². The SMILES string of the molecule is C=C1C[C@H](C)C[C@@H]2CC=C[C@@H](CC=CC(=O)O[C@H]([C@@H](O)CO)CC=C[C@@H](O)C1)O2. The number of aliphatic hydroxyl groups excluding tert-OH is 3. The summed E-state index contributed by atoms with van der Waals surface area (Å²) in [5.41, 5.74) is 0.972. The Labute approximate surface area is 173 Å². The first kappa shape index (κ1) is 23.5. The maximum absolute atomic E-state index is 12.1. The van der Waals surface area contributed by atoms with E-state index in [1.54, 1.807) is 18.2 Å². The zero-order valence-corrected chi connectivity index (χ0v) is 17.2. The average molecular weight is 407 g/mol. The topological polar surface area (TPSA) is 96.2 Å². The van der Waals surface area contributed by atoms with E-state index >= 15 is 0 Å². The smallest absolute Gasteiger partial charge is 0.330 e. The summed E-state index contributed by atoms with van der Waals surface area (Å²) in [5.74, 6) is -0.194. The summed E-state index contributed by atoms with van der Waals surface area (Å²) in [6.07, 6.45) is 11.5. The van der Waals surface area contributed by atoms with Crippen LogP contribution in [0.15, 0.2) is 48.6 Å². The zero-order chi connectivity index (χ0) is 21.2. The van der Waals surface area contributed by atoms with Crippen molar-refractivity contribution in [2.45, 2.75) is 76.0 Å². The van der Waals surface area contributed by atoms with Gasteiger partial charge in [-0.05, 0) is 38.0 Å². The molecule has 3 N–H and O–H groups in total. The molecular formula is C23H34O6. The largest absolute Gasteiger partial charge is 0.456 e. The van der Waals surface area contributed by atoms with E-state index < -0.39 is 30.9 Å². The lowest BCUT2D eigenvalue weighted by atomic mass is 9.91. The van der Waals surface area contributed by atoms with Gasteiger partial charge in [-0.1, -0.05) is 49.5 Å². The molecule has 0 spiro atoms. The molecule has 0 aliphatic carbocycles. The maximum Gasteiger partial charge on any atom is 0.330 e. The standard InChI is InChI=1S/C23H34O6/c1-16-12-17(2)14-20-9-4-7-19(28-20)8-5-11-23(27)29-22(21(26)15-24)10-3-6-18(25)13-16/h3-7,11,17-22,24-26H,1,8-10,12-15H2,2H3/t17-,18+,19-,20-,21-,22-/m0/s1. The lowest BCUT2D eigenvalue weighted by Gasteiger charge is -2.28. The van der Waals surface area contributed by atoms with Gasteiger partial charge in [0, 0.05) is 12.5 Å². The molecule has 6 nitrogen and oxygen atoms in total. The first-order valence-corrected chi connectivity index (χ1v) is 10.4. The van der Waals surface area contributed by atoms with Crippen LogP contribution < -0.4 is 0 Å². The molecule has 162 valence electrons. The molecule has 2 aliphatic rings. The van der Waals surface area contributed by atoms with Crippen LogP contribution in [0.5, 0.6) is 0 Å². The number of fused-ring (bicyclic) bond motifs is 2. The molecule has 2 aliphatic heterocycles. The number of aliphatic hydroxyl groups is 3. The van der Waals surface area contributed by atoms with E-state index in [0.717, 1.165) is 24.8 Å². The Hall–Kier alpha value is -1.73. The van der Waals surface area contributed by atoms with Crippen molar-refractivity contribution in [3.63, 3.8) is 0 Å². The van der Waals surface area contributed by atoms with Crippen LogP contribution in [0.25, 0.3) is 0 Å². The minimum atomic E-state index is -1.19. The van der Waals surface area contributed by atoms with E-state index in [4.69, 9.17) is 9.47 Å². The molecule has 0 aromatic heterocycles. The first-order chi connectivity index (χ1) is 13.9. The summed E-state index contributed by atoms with van der Waals surface area (Å²) in [6.45, 7) is 5.74. The third-order valence-electron chi connectivity index (χ3n) is 5.15. The second-order valence-corrected chi connectivity index (χ2v) is 8.05. The van der Waals surface area contributed by atoms with Crippen molar-refractivity contribution < 1.29 is 29.6 Å². The van der Waals surface area contributed by atoms with Gasteiger partial charge < -0.3 is 24.8 Å². The molecule has 0 unspecified atom stereocenters. The number of hydrogen-bond acceptors (Lipinski definition) is 6. The van der Waals surface area contributed by atoms with Crippen molar-refractivity contribution in [2.75, 3.05) is 6.61 Å². The monoisotopic (exact) mass is 406 g/mol. The Kier molecular flexibility index (Phi) is 9.81. The molecule has 0 saturated heterocycles. The number of carbonyl (C=O) groups excluding carboxylic acids is 1. The molecule has 0 amide bonds. The summed E-state index contributed by atoms with van der Waals surface area (Å²) in [6, 6.07) is 0. The van der Waals surface area contributed by atoms with Crippen LogP contribution in [0.3, 0.4) is 0 Å². The van der Waals surface area contributed by atoms with E-state index in [1.807, 2.05) is 6.08 Å². The van der Waals surface area contributed by atoms with Crippen molar-refractivity contribution in [2.24, 2.45) is 5.92 Å². The van der Waals surface area contributed by atoms with Crippen molar-refractivity contribution >= 4 is 5.97 Å². The molecule has 6 atom stereocenters. The van der Waals surface area contributed by atoms with Crippen molar-refractivity contribution in [3.8, 4) is 0 Å². The molecule has 2 heterocycles. The predicted octanol–water partition coefficient (Wildman–Crippen LogP) is 2.59. The molecule has 0 saturated carbocycles. The highest BCUT2D eigenvalue weighted by Crippen LogP contribution is 2.25. The Morgan fingerprint density at radius 1 is 1.17 bits per heavy atom. The van der Waals surface area contributed by atoms with Crippen molar-refractivity contribution in [3.05, 3.63) is 48.6 Å². The van der Waals surface area contributed by atoms with Crippen LogP contribution in [0.1, 0.15) is 45.4 Å². The van der Waals surface area contributed by atoms with Gasteiger partial charge in [-0.2, -0.15) is 0 Å². The summed E-state index contributed by atoms with van der Waals surface area (Å²) in [5, 5.41) is 29.4. The number of ether oxygens (including phenoxy) is 2. The van der Waals surface area contributed by atoms with Gasteiger partial charge in [-0.15, -0.1) is 0 Å². The number of rotatable bonds is 2. The predicted molar refractivity (Wildman–Crippen MR) is 111 cm³/mol. The second kappa shape index (κ2) is 12.1. The van der Waals surface area contributed by atoms with E-state index in [0.29, 0.717) is 18.8 Å². The molecule has 2 rings (SSSR count). The summed E-state index contributed by atoms with van der Waals surface area (Å²) >= 11 is 0. The van der Waals surface area contributed by atoms with E-state index in [9.17, 15) is 20.1 Å². The Morgan fingerprint density at radius 2 is 1.93 bits per heavy atom. The summed E-state index contributed by atoms with van der Waals surface area (Å²) in [7, 11) is 0. The van der Waals surface area contributed by atoms with Crippen LogP contribution in [0.4, 0.5) is 0 Å². The molecule has 2 bridgehead atoms. The van der Waals surface area contributed by atoms with Crippen LogP contribution >= 0.6 is 0 Å². The highest BCUT2D eigenvalue weighted by molar-refractivity contribution is 5.82. The van der Waals surface area contributed by atoms with Gasteiger partial charge in [0.05, 0.1) is 24.9 Å². The lowest BCUT2D eigenvalue weighted by Crippen LogP contribution is -2.33. The molecule has 29 heavy (non-hydrogen) atoms. The fourth-order valence-corrected chi connectivity index (χ4v) is 3.75. The van der Waals surface area contributed by atoms with Crippen LogP contribution in [-0.4, -0.2) is 58.4 Å². The number of esters is 1. The van der Waals surface area contributed by atoms with Gasteiger partial charge in [0.2, 0.25) is 0 Å². The molecule has 0 aromatic rings. The second-order valence-electron chi connectivity index (χ2n) is 8.05. The summed E-state index contributed by atoms with van der Waals surface area (Å²) in [4.78, 5) is 12.1. The Bertz CT molecular complexity index is 623. The Balaban J connectivity index is 2.11. The van der Waals surface area contributed by atoms with E-state index in [-0.39, 0.29) is 18.6 Å². The first-order valence-electron chi connectivity index (χ1n) is 10.4. The number of carbonyl (C=O) groups is 1. The number of hydrogen-bond donors (Lipinski definition) is 3. The fourth-order valence-electron chi connectivity index (χ4n) is 3.75. The van der Waals surface area contributed by atoms with Crippen LogP contribution in [0, 0.1) is 5.92 Å². The van der Waals surface area contributed by atoms with Gasteiger partial charge in [-0.3, -0.25) is 0 Å². The Morgan fingerprint density at radius 3 is 2.69 bits per heavy atom. The zero-order valence-electron chi connectivity index (χ0n) is 17.2. The van der Waals surface area contributed by atoms with Crippen molar-refractivity contribution in [1.82, 2.24) is 0 Å². The molecule has 0 aromatic carbocycles.